The van der Waals surface area contributed by atoms with Crippen molar-refractivity contribution in [3.63, 3.8) is 0 Å². The second-order valence-corrected chi connectivity index (χ2v) is 9.75. The Morgan fingerprint density at radius 3 is 2.27 bits per heavy atom. The molecule has 0 aliphatic carbocycles. The van der Waals surface area contributed by atoms with Gasteiger partial charge in [-0.25, -0.2) is 9.78 Å². The summed E-state index contributed by atoms with van der Waals surface area (Å²) in [5.74, 6) is 0.0310. The van der Waals surface area contributed by atoms with Crippen LogP contribution in [0.15, 0.2) is 36.5 Å². The normalized spacial score (nSPS) is 14.0. The number of alkyl halides is 3. The molecule has 0 bridgehead atoms. The van der Waals surface area contributed by atoms with Gasteiger partial charge in [-0.15, -0.1) is 0 Å². The summed E-state index contributed by atoms with van der Waals surface area (Å²) < 4.78 is 52.5. The highest BCUT2D eigenvalue weighted by molar-refractivity contribution is 5.69. The van der Waals surface area contributed by atoms with E-state index in [4.69, 9.17) is 15.2 Å². The number of aromatic nitrogens is 1. The number of halogens is 3. The van der Waals surface area contributed by atoms with Gasteiger partial charge in [0.15, 0.2) is 0 Å². The zero-order valence-electron chi connectivity index (χ0n) is 19.8. The van der Waals surface area contributed by atoms with E-state index < -0.39 is 29.0 Å². The van der Waals surface area contributed by atoms with Gasteiger partial charge in [0.05, 0.1) is 11.1 Å². The van der Waals surface area contributed by atoms with Crippen molar-refractivity contribution < 1.29 is 27.4 Å². The Morgan fingerprint density at radius 2 is 1.73 bits per heavy atom. The number of nitrogens with one attached hydrogen (secondary N) is 1. The van der Waals surface area contributed by atoms with Gasteiger partial charge in [0.25, 0.3) is 0 Å². The zero-order chi connectivity index (χ0) is 25.0. The molecule has 0 saturated carbocycles. The minimum Gasteiger partial charge on any atom is -0.491 e. The molecule has 3 N–H and O–H groups in total. The van der Waals surface area contributed by atoms with Crippen LogP contribution in [0.2, 0.25) is 0 Å². The van der Waals surface area contributed by atoms with Gasteiger partial charge >= 0.3 is 12.3 Å². The van der Waals surface area contributed by atoms with Crippen molar-refractivity contribution in [2.45, 2.75) is 65.3 Å². The lowest BCUT2D eigenvalue weighted by Crippen LogP contribution is -2.52. The van der Waals surface area contributed by atoms with Crippen LogP contribution in [0.3, 0.4) is 0 Å². The summed E-state index contributed by atoms with van der Waals surface area (Å²) in [6.07, 6.45) is -3.39. The molecule has 1 atom stereocenters. The molecule has 1 aromatic carbocycles. The highest BCUT2D eigenvalue weighted by Crippen LogP contribution is 2.39. The lowest BCUT2D eigenvalue weighted by Gasteiger charge is -2.33. The van der Waals surface area contributed by atoms with E-state index in [1.807, 2.05) is 13.8 Å². The number of benzene rings is 1. The average Bonchev–Trinajstić information content (AvgIpc) is 2.63. The molecule has 2 rings (SSSR count). The standard InChI is InChI=1S/C24H32F3N3O3/c1-15(2)13-23(6,30-21(31)33-22(3,4)5)14-32-19-8-7-16(11-18(19)24(25,26)27)17-9-10-29-20(28)12-17/h7-12,15H,13-14H2,1-6H3,(H2,28,29)(H,30,31). The molecule has 1 heterocycles. The lowest BCUT2D eigenvalue weighted by molar-refractivity contribution is -0.139. The smallest absolute Gasteiger partial charge is 0.419 e. The van der Waals surface area contributed by atoms with E-state index in [1.165, 1.54) is 24.4 Å². The van der Waals surface area contributed by atoms with Crippen LogP contribution in [0.5, 0.6) is 5.75 Å². The van der Waals surface area contributed by atoms with E-state index in [0.29, 0.717) is 17.5 Å². The summed E-state index contributed by atoms with van der Waals surface area (Å²) in [4.78, 5) is 16.2. The summed E-state index contributed by atoms with van der Waals surface area (Å²) in [7, 11) is 0. The number of amides is 1. The quantitative estimate of drug-likeness (QED) is 0.517. The molecule has 0 aliphatic heterocycles. The molecule has 0 spiro atoms. The van der Waals surface area contributed by atoms with E-state index in [2.05, 4.69) is 10.3 Å². The van der Waals surface area contributed by atoms with Gasteiger partial charge in [0.2, 0.25) is 0 Å². The first-order valence-corrected chi connectivity index (χ1v) is 10.7. The minimum atomic E-state index is -4.64. The number of anilines is 1. The molecule has 33 heavy (non-hydrogen) atoms. The number of hydrogen-bond acceptors (Lipinski definition) is 5. The van der Waals surface area contributed by atoms with Crippen molar-refractivity contribution in [1.82, 2.24) is 10.3 Å². The highest BCUT2D eigenvalue weighted by atomic mass is 19.4. The first-order chi connectivity index (χ1) is 15.1. The Morgan fingerprint density at radius 1 is 1.09 bits per heavy atom. The largest absolute Gasteiger partial charge is 0.491 e. The minimum absolute atomic E-state index is 0.148. The van der Waals surface area contributed by atoms with Crippen LogP contribution in [0.1, 0.15) is 53.5 Å². The third-order valence-electron chi connectivity index (χ3n) is 4.61. The predicted molar refractivity (Wildman–Crippen MR) is 122 cm³/mol. The van der Waals surface area contributed by atoms with Crippen molar-refractivity contribution in [3.05, 3.63) is 42.1 Å². The second-order valence-electron chi connectivity index (χ2n) is 9.75. The number of carbonyl (C=O) groups excluding carboxylic acids is 1. The highest BCUT2D eigenvalue weighted by Gasteiger charge is 2.36. The van der Waals surface area contributed by atoms with Gasteiger partial charge in [-0.05, 0) is 75.4 Å². The van der Waals surface area contributed by atoms with Gasteiger partial charge in [-0.2, -0.15) is 13.2 Å². The van der Waals surface area contributed by atoms with Gasteiger partial charge in [-0.3, -0.25) is 0 Å². The first-order valence-electron chi connectivity index (χ1n) is 10.7. The number of nitrogens with zero attached hydrogens (tertiary/aromatic N) is 1. The van der Waals surface area contributed by atoms with Crippen LogP contribution >= 0.6 is 0 Å². The Labute approximate surface area is 192 Å². The van der Waals surface area contributed by atoms with Gasteiger partial charge < -0.3 is 20.5 Å². The molecule has 1 unspecified atom stereocenters. The van der Waals surface area contributed by atoms with Crippen LogP contribution in [0, 0.1) is 5.92 Å². The molecule has 1 amide bonds. The first kappa shape index (κ1) is 26.3. The zero-order valence-corrected chi connectivity index (χ0v) is 19.8. The average molecular weight is 468 g/mol. The van der Waals surface area contributed by atoms with Crippen LogP contribution in [-0.2, 0) is 10.9 Å². The molecule has 6 nitrogen and oxygen atoms in total. The number of carbonyl (C=O) groups is 1. The van der Waals surface area contributed by atoms with Crippen molar-refractivity contribution in [2.75, 3.05) is 12.3 Å². The van der Waals surface area contributed by atoms with Crippen molar-refractivity contribution in [3.8, 4) is 16.9 Å². The van der Waals surface area contributed by atoms with Crippen LogP contribution < -0.4 is 15.8 Å². The number of alkyl carbamates (subject to hydrolysis) is 1. The van der Waals surface area contributed by atoms with E-state index in [1.54, 1.807) is 33.8 Å². The summed E-state index contributed by atoms with van der Waals surface area (Å²) in [5.41, 5.74) is 3.93. The number of nitrogens with two attached hydrogens (primary N) is 1. The molecule has 0 fully saturated rings. The monoisotopic (exact) mass is 467 g/mol. The molecule has 182 valence electrons. The summed E-state index contributed by atoms with van der Waals surface area (Å²) in [6, 6.07) is 6.90. The van der Waals surface area contributed by atoms with E-state index in [9.17, 15) is 18.0 Å². The van der Waals surface area contributed by atoms with Gasteiger partial charge in [-0.1, -0.05) is 19.9 Å². The number of pyridine rings is 1. The van der Waals surface area contributed by atoms with Gasteiger partial charge in [0.1, 0.15) is 23.8 Å². The molecular weight excluding hydrogens is 435 g/mol. The number of nitrogen functional groups attached to an aromatic ring is 1. The fourth-order valence-electron chi connectivity index (χ4n) is 3.52. The Balaban J connectivity index is 2.31. The number of ether oxygens (including phenoxy) is 2. The van der Waals surface area contributed by atoms with E-state index >= 15 is 0 Å². The van der Waals surface area contributed by atoms with Gasteiger partial charge in [0, 0.05) is 6.20 Å². The predicted octanol–water partition coefficient (Wildman–Crippen LogP) is 6.06. The van der Waals surface area contributed by atoms with E-state index in [-0.39, 0.29) is 24.1 Å². The lowest BCUT2D eigenvalue weighted by atomic mass is 9.91. The molecule has 1 aromatic heterocycles. The molecule has 0 saturated heterocycles. The molecule has 2 aromatic rings. The summed E-state index contributed by atoms with van der Waals surface area (Å²) in [5, 5.41) is 2.76. The van der Waals surface area contributed by atoms with Crippen molar-refractivity contribution >= 4 is 11.9 Å². The summed E-state index contributed by atoms with van der Waals surface area (Å²) >= 11 is 0. The number of hydrogen-bond donors (Lipinski definition) is 2. The van der Waals surface area contributed by atoms with Crippen LogP contribution in [0.25, 0.3) is 11.1 Å². The molecule has 9 heteroatoms. The SMILES string of the molecule is CC(C)CC(C)(COc1ccc(-c2ccnc(N)c2)cc1C(F)(F)F)NC(=O)OC(C)(C)C. The fraction of sp³-hybridized carbons (Fsp3) is 0.500. The maximum absolute atomic E-state index is 13.8. The molecular formula is C24H32F3N3O3. The molecule has 0 aliphatic rings. The topological polar surface area (TPSA) is 86.5 Å². The van der Waals surface area contributed by atoms with Crippen LogP contribution in [0.4, 0.5) is 23.8 Å². The second kappa shape index (κ2) is 9.89. The van der Waals surface area contributed by atoms with E-state index in [0.717, 1.165) is 6.07 Å². The third-order valence-corrected chi connectivity index (χ3v) is 4.61. The Hall–Kier alpha value is -2.97. The van der Waals surface area contributed by atoms with Crippen LogP contribution in [-0.4, -0.2) is 28.8 Å². The Kier molecular flexibility index (Phi) is 7.87. The Bertz CT molecular complexity index is 971. The van der Waals surface area contributed by atoms with Crippen molar-refractivity contribution in [2.24, 2.45) is 5.92 Å². The summed E-state index contributed by atoms with van der Waals surface area (Å²) in [6.45, 7) is 10.6. The van der Waals surface area contributed by atoms with Crippen molar-refractivity contribution in [1.29, 1.82) is 0 Å². The fourth-order valence-corrected chi connectivity index (χ4v) is 3.52. The third kappa shape index (κ3) is 8.14. The number of rotatable bonds is 7. The maximum Gasteiger partial charge on any atom is 0.419 e. The molecule has 0 radical (unpaired) electrons. The maximum atomic E-state index is 13.8.